The molecule has 0 bridgehead atoms. The Kier molecular flexibility index (Phi) is 34.0. The van der Waals surface area contributed by atoms with Crippen molar-refractivity contribution in [3.8, 4) is 0 Å². The SMILES string of the molecule is CC/C=C/C=C/C=C/C=C/CCCCCC(=O)OCC(COCCC(C(=O)[O-])[N+](C)(C)C)OC(=O)CCCCCCC/C=C/CCCCCCCCC. The molecule has 0 heterocycles. The van der Waals surface area contributed by atoms with E-state index in [4.69, 9.17) is 14.2 Å². The summed E-state index contributed by atoms with van der Waals surface area (Å²) in [6.45, 7) is 4.45. The molecule has 53 heavy (non-hydrogen) atoms. The highest BCUT2D eigenvalue weighted by Gasteiger charge is 2.25. The minimum absolute atomic E-state index is 0.0222. The fourth-order valence-corrected chi connectivity index (χ4v) is 5.72. The van der Waals surface area contributed by atoms with Gasteiger partial charge in [-0.25, -0.2) is 0 Å². The van der Waals surface area contributed by atoms with Crippen LogP contribution < -0.4 is 5.11 Å². The van der Waals surface area contributed by atoms with Crippen LogP contribution in [0.5, 0.6) is 0 Å². The summed E-state index contributed by atoms with van der Waals surface area (Å²) in [5.41, 5.74) is 0. The maximum atomic E-state index is 12.7. The van der Waals surface area contributed by atoms with Gasteiger partial charge in [-0.3, -0.25) is 9.59 Å². The largest absolute Gasteiger partial charge is 0.544 e. The number of carbonyl (C=O) groups excluding carboxylic acids is 3. The molecule has 0 saturated heterocycles. The van der Waals surface area contributed by atoms with Gasteiger partial charge in [0.25, 0.3) is 0 Å². The van der Waals surface area contributed by atoms with E-state index in [1.807, 2.05) is 36.5 Å². The van der Waals surface area contributed by atoms with Crippen LogP contribution in [0.25, 0.3) is 0 Å². The van der Waals surface area contributed by atoms with Gasteiger partial charge in [0.2, 0.25) is 0 Å². The van der Waals surface area contributed by atoms with Gasteiger partial charge in [0.1, 0.15) is 12.6 Å². The summed E-state index contributed by atoms with van der Waals surface area (Å²) >= 11 is 0. The second-order valence-corrected chi connectivity index (χ2v) is 14.9. The quantitative estimate of drug-likeness (QED) is 0.0207. The van der Waals surface area contributed by atoms with Crippen molar-refractivity contribution in [2.24, 2.45) is 0 Å². The topological polar surface area (TPSA) is 102 Å². The van der Waals surface area contributed by atoms with Crippen molar-refractivity contribution in [1.29, 1.82) is 0 Å². The summed E-state index contributed by atoms with van der Waals surface area (Å²) in [4.78, 5) is 36.7. The smallest absolute Gasteiger partial charge is 0.306 e. The number of rotatable bonds is 36. The number of esters is 2. The number of likely N-dealkylation sites (N-methyl/N-ethyl adjacent to an activating group) is 1. The summed E-state index contributed by atoms with van der Waals surface area (Å²) < 4.78 is 17.1. The molecule has 0 fully saturated rings. The lowest BCUT2D eigenvalue weighted by Crippen LogP contribution is -2.55. The molecule has 0 aromatic carbocycles. The Morgan fingerprint density at radius 3 is 1.64 bits per heavy atom. The monoisotopic (exact) mass is 744 g/mol. The van der Waals surface area contributed by atoms with Gasteiger partial charge >= 0.3 is 11.9 Å². The van der Waals surface area contributed by atoms with E-state index in [-0.39, 0.29) is 42.7 Å². The third kappa shape index (κ3) is 34.5. The lowest BCUT2D eigenvalue weighted by molar-refractivity contribution is -0.889. The van der Waals surface area contributed by atoms with E-state index in [0.29, 0.717) is 12.8 Å². The summed E-state index contributed by atoms with van der Waals surface area (Å²) in [6, 6.07) is -0.734. The zero-order valence-corrected chi connectivity index (χ0v) is 34.4. The number of unbranched alkanes of at least 4 members (excludes halogenated alkanes) is 15. The van der Waals surface area contributed by atoms with Crippen LogP contribution in [-0.2, 0) is 28.6 Å². The number of quaternary nitrogens is 1. The third-order valence-corrected chi connectivity index (χ3v) is 8.98. The predicted molar refractivity (Wildman–Crippen MR) is 217 cm³/mol. The Labute approximate surface area is 324 Å². The molecule has 0 spiro atoms. The first-order valence-corrected chi connectivity index (χ1v) is 20.9. The highest BCUT2D eigenvalue weighted by Crippen LogP contribution is 2.13. The number of aliphatic carboxylic acids is 1. The minimum Gasteiger partial charge on any atom is -0.544 e. The molecule has 2 unspecified atom stereocenters. The number of hydrogen-bond acceptors (Lipinski definition) is 7. The van der Waals surface area contributed by atoms with Crippen molar-refractivity contribution >= 4 is 17.9 Å². The Bertz CT molecular complexity index is 1050. The first-order valence-electron chi connectivity index (χ1n) is 20.9. The third-order valence-electron chi connectivity index (χ3n) is 8.98. The minimum atomic E-state index is -1.13. The van der Waals surface area contributed by atoms with Gasteiger partial charge in [-0.1, -0.05) is 139 Å². The second-order valence-electron chi connectivity index (χ2n) is 14.9. The molecule has 304 valence electrons. The molecule has 0 aliphatic heterocycles. The molecular formula is C45H77NO7. The first kappa shape index (κ1) is 50.0. The van der Waals surface area contributed by atoms with Crippen molar-refractivity contribution in [3.63, 3.8) is 0 Å². The molecule has 8 nitrogen and oxygen atoms in total. The molecule has 0 N–H and O–H groups in total. The number of hydrogen-bond donors (Lipinski definition) is 0. The summed E-state index contributed by atoms with van der Waals surface area (Å²) in [5, 5.41) is 11.6. The predicted octanol–water partition coefficient (Wildman–Crippen LogP) is 9.69. The Morgan fingerprint density at radius 2 is 1.08 bits per heavy atom. The Hall–Kier alpha value is -2.97. The van der Waals surface area contributed by atoms with Crippen LogP contribution in [0.15, 0.2) is 60.8 Å². The van der Waals surface area contributed by atoms with E-state index in [2.05, 4.69) is 38.2 Å². The van der Waals surface area contributed by atoms with Crippen molar-refractivity contribution in [1.82, 2.24) is 0 Å². The number of ether oxygens (including phenoxy) is 3. The number of carbonyl (C=O) groups is 3. The molecule has 2 atom stereocenters. The van der Waals surface area contributed by atoms with E-state index in [1.165, 1.54) is 57.8 Å². The van der Waals surface area contributed by atoms with Gasteiger partial charge in [-0.2, -0.15) is 0 Å². The van der Waals surface area contributed by atoms with Gasteiger partial charge in [0, 0.05) is 19.3 Å². The molecule has 0 amide bonds. The molecule has 0 radical (unpaired) electrons. The van der Waals surface area contributed by atoms with Crippen LogP contribution in [0.1, 0.15) is 155 Å². The van der Waals surface area contributed by atoms with Crippen molar-refractivity contribution in [3.05, 3.63) is 60.8 Å². The molecule has 0 saturated carbocycles. The van der Waals surface area contributed by atoms with Gasteiger partial charge in [-0.15, -0.1) is 0 Å². The van der Waals surface area contributed by atoms with Crippen LogP contribution >= 0.6 is 0 Å². The van der Waals surface area contributed by atoms with Crippen LogP contribution in [0, 0.1) is 0 Å². The van der Waals surface area contributed by atoms with Crippen molar-refractivity contribution in [2.45, 2.75) is 167 Å². The van der Waals surface area contributed by atoms with Crippen molar-refractivity contribution in [2.75, 3.05) is 41.0 Å². The number of carboxylic acid groups (broad SMARTS) is 1. The maximum Gasteiger partial charge on any atom is 0.306 e. The van der Waals surface area contributed by atoms with Crippen LogP contribution in [0.4, 0.5) is 0 Å². The fourth-order valence-electron chi connectivity index (χ4n) is 5.72. The summed E-state index contributed by atoms with van der Waals surface area (Å²) in [6.07, 6.45) is 42.5. The van der Waals surface area contributed by atoms with E-state index in [0.717, 1.165) is 64.2 Å². The average molecular weight is 744 g/mol. The average Bonchev–Trinajstić information content (AvgIpc) is 3.11. The van der Waals surface area contributed by atoms with E-state index in [9.17, 15) is 19.5 Å². The van der Waals surface area contributed by atoms with Gasteiger partial charge in [-0.05, 0) is 57.8 Å². The van der Waals surface area contributed by atoms with Crippen LogP contribution in [0.2, 0.25) is 0 Å². The molecule has 0 aromatic heterocycles. The zero-order valence-electron chi connectivity index (χ0n) is 34.4. The lowest BCUT2D eigenvalue weighted by Gasteiger charge is -2.34. The highest BCUT2D eigenvalue weighted by atomic mass is 16.6. The normalized spacial score (nSPS) is 13.6. The molecule has 8 heteroatoms. The number of allylic oxidation sites excluding steroid dienone is 10. The lowest BCUT2D eigenvalue weighted by atomic mass is 10.1. The van der Waals surface area contributed by atoms with E-state index < -0.39 is 18.1 Å². The summed E-state index contributed by atoms with van der Waals surface area (Å²) in [7, 11) is 5.38. The van der Waals surface area contributed by atoms with Gasteiger partial charge < -0.3 is 28.6 Å². The molecule has 0 aliphatic rings. The van der Waals surface area contributed by atoms with E-state index >= 15 is 0 Å². The molecule has 0 aliphatic carbocycles. The van der Waals surface area contributed by atoms with Crippen LogP contribution in [0.3, 0.4) is 0 Å². The number of carboxylic acids is 1. The first-order chi connectivity index (χ1) is 25.6. The fraction of sp³-hybridized carbons (Fsp3) is 0.711. The Morgan fingerprint density at radius 1 is 0.585 bits per heavy atom. The standard InChI is InChI=1S/C45H77NO7/c1-6-8-10-12-14-16-18-20-21-22-24-26-28-30-32-34-36-44(48)53-41(39-51-38-37-42(45(49)50)46(3,4)5)40-52-43(47)35-33-31-29-27-25-23-19-17-15-13-11-9-7-2/h9,11,13,15,17,19,21-23,25,41-42H,6-8,10,12,14,16,18,20,24,26-40H2,1-5H3/b11-9+,15-13+,19-17+,22-21+,25-23+. The summed E-state index contributed by atoms with van der Waals surface area (Å²) in [5.74, 6) is -1.80. The molecule has 0 aromatic rings. The molecular weight excluding hydrogens is 666 g/mol. The van der Waals surface area contributed by atoms with Gasteiger partial charge in [0.05, 0.1) is 40.3 Å². The Balaban J connectivity index is 4.45. The van der Waals surface area contributed by atoms with Crippen molar-refractivity contribution < 1.29 is 38.2 Å². The highest BCUT2D eigenvalue weighted by molar-refractivity contribution is 5.70. The maximum absolute atomic E-state index is 12.7. The number of nitrogens with zero attached hydrogens (tertiary/aromatic N) is 1. The molecule has 0 rings (SSSR count). The zero-order chi connectivity index (χ0) is 39.3. The van der Waals surface area contributed by atoms with Crippen LogP contribution in [-0.4, -0.2) is 75.5 Å². The van der Waals surface area contributed by atoms with Gasteiger partial charge in [0.15, 0.2) is 6.10 Å². The second kappa shape index (κ2) is 36.0. The van der Waals surface area contributed by atoms with E-state index in [1.54, 1.807) is 21.1 Å².